The third kappa shape index (κ3) is 7.47. The first-order valence-electron chi connectivity index (χ1n) is 11.2. The van der Waals surface area contributed by atoms with E-state index < -0.39 is 0 Å². The van der Waals surface area contributed by atoms with Crippen molar-refractivity contribution in [3.05, 3.63) is 60.2 Å². The van der Waals surface area contributed by atoms with Crippen LogP contribution in [0.25, 0.3) is 0 Å². The Hall–Kier alpha value is -2.73. The summed E-state index contributed by atoms with van der Waals surface area (Å²) in [7, 11) is 3.46. The van der Waals surface area contributed by atoms with Crippen LogP contribution in [0.4, 0.5) is 0 Å². The first kappa shape index (κ1) is 22.9. The van der Waals surface area contributed by atoms with Gasteiger partial charge in [-0.15, -0.1) is 0 Å². The van der Waals surface area contributed by atoms with Crippen LogP contribution in [-0.4, -0.2) is 63.8 Å². The van der Waals surface area contributed by atoms with E-state index in [1.54, 1.807) is 7.11 Å². The lowest BCUT2D eigenvalue weighted by Crippen LogP contribution is -2.43. The number of aliphatic imine (C=N–C) groups is 1. The summed E-state index contributed by atoms with van der Waals surface area (Å²) in [5, 5.41) is 6.85. The number of likely N-dealkylation sites (tertiary alicyclic amines) is 1. The first-order valence-corrected chi connectivity index (χ1v) is 11.2. The van der Waals surface area contributed by atoms with Crippen molar-refractivity contribution in [1.82, 2.24) is 15.5 Å². The van der Waals surface area contributed by atoms with Crippen molar-refractivity contribution in [3.63, 3.8) is 0 Å². The van der Waals surface area contributed by atoms with Gasteiger partial charge in [-0.3, -0.25) is 4.99 Å². The highest BCUT2D eigenvalue weighted by Crippen LogP contribution is 2.26. The molecule has 0 aromatic heterocycles. The van der Waals surface area contributed by atoms with Crippen molar-refractivity contribution in [3.8, 4) is 11.5 Å². The summed E-state index contributed by atoms with van der Waals surface area (Å²) in [6, 6.07) is 18.4. The third-order valence-electron chi connectivity index (χ3n) is 5.67. The number of ether oxygens (including phenoxy) is 2. The van der Waals surface area contributed by atoms with Gasteiger partial charge in [0.1, 0.15) is 6.10 Å². The van der Waals surface area contributed by atoms with E-state index in [4.69, 9.17) is 9.47 Å². The van der Waals surface area contributed by atoms with Gasteiger partial charge in [0, 0.05) is 26.7 Å². The second kappa shape index (κ2) is 12.2. The quantitative estimate of drug-likeness (QED) is 0.453. The molecule has 168 valence electrons. The minimum Gasteiger partial charge on any atom is -0.493 e. The predicted molar refractivity (Wildman–Crippen MR) is 127 cm³/mol. The molecule has 3 rings (SSSR count). The summed E-state index contributed by atoms with van der Waals surface area (Å²) in [5.74, 6) is 2.97. The molecule has 1 aliphatic heterocycles. The molecular weight excluding hydrogens is 388 g/mol. The van der Waals surface area contributed by atoms with Crippen LogP contribution >= 0.6 is 0 Å². The Morgan fingerprint density at radius 3 is 2.58 bits per heavy atom. The highest BCUT2D eigenvalue weighted by Gasteiger charge is 2.22. The molecule has 6 heteroatoms. The maximum absolute atomic E-state index is 6.01. The molecule has 0 amide bonds. The lowest BCUT2D eigenvalue weighted by molar-refractivity contribution is 0.213. The van der Waals surface area contributed by atoms with Gasteiger partial charge < -0.3 is 25.0 Å². The van der Waals surface area contributed by atoms with Gasteiger partial charge in [0.15, 0.2) is 17.5 Å². The van der Waals surface area contributed by atoms with Crippen LogP contribution in [0.2, 0.25) is 0 Å². The molecule has 2 unspecified atom stereocenters. The van der Waals surface area contributed by atoms with Crippen LogP contribution in [0.5, 0.6) is 11.5 Å². The van der Waals surface area contributed by atoms with E-state index in [-0.39, 0.29) is 6.10 Å². The van der Waals surface area contributed by atoms with Crippen LogP contribution in [0.3, 0.4) is 0 Å². The van der Waals surface area contributed by atoms with Gasteiger partial charge in [-0.1, -0.05) is 42.5 Å². The van der Waals surface area contributed by atoms with Crippen molar-refractivity contribution in [2.45, 2.75) is 25.9 Å². The molecule has 0 aliphatic carbocycles. The summed E-state index contributed by atoms with van der Waals surface area (Å²) < 4.78 is 11.4. The number of methoxy groups -OCH3 is 1. The van der Waals surface area contributed by atoms with E-state index in [1.165, 1.54) is 18.5 Å². The van der Waals surface area contributed by atoms with Crippen LogP contribution in [0.1, 0.15) is 18.9 Å². The van der Waals surface area contributed by atoms with E-state index in [9.17, 15) is 0 Å². The number of rotatable bonds is 10. The summed E-state index contributed by atoms with van der Waals surface area (Å²) in [4.78, 5) is 6.93. The maximum atomic E-state index is 6.01. The molecule has 0 spiro atoms. The molecule has 1 heterocycles. The number of guanidine groups is 1. The standard InChI is InChI=1S/C25H36N4O2/c1-20(31-24-12-8-7-11-23(24)30-3)17-27-25(26-2)28-18-22-14-16-29(19-22)15-13-21-9-5-4-6-10-21/h4-12,20,22H,13-19H2,1-3H3,(H2,26,27,28). The minimum absolute atomic E-state index is 0.0187. The fourth-order valence-corrected chi connectivity index (χ4v) is 3.89. The van der Waals surface area contributed by atoms with Crippen molar-refractivity contribution in [1.29, 1.82) is 0 Å². The molecule has 0 saturated carbocycles. The summed E-state index contributed by atoms with van der Waals surface area (Å²) in [6.45, 7) is 7.08. The van der Waals surface area contributed by atoms with Gasteiger partial charge in [0.2, 0.25) is 0 Å². The van der Waals surface area contributed by atoms with Crippen LogP contribution < -0.4 is 20.1 Å². The molecule has 0 radical (unpaired) electrons. The number of nitrogens with zero attached hydrogens (tertiary/aromatic N) is 2. The third-order valence-corrected chi connectivity index (χ3v) is 5.67. The largest absolute Gasteiger partial charge is 0.493 e. The molecule has 0 bridgehead atoms. The average molecular weight is 425 g/mol. The lowest BCUT2D eigenvalue weighted by atomic mass is 10.1. The van der Waals surface area contributed by atoms with Gasteiger partial charge >= 0.3 is 0 Å². The summed E-state index contributed by atoms with van der Waals surface area (Å²) in [6.07, 6.45) is 2.33. The first-order chi connectivity index (χ1) is 15.2. The Balaban J connectivity index is 1.35. The molecule has 2 aromatic rings. The topological polar surface area (TPSA) is 58.1 Å². The summed E-state index contributed by atoms with van der Waals surface area (Å²) >= 11 is 0. The van der Waals surface area contributed by atoms with Crippen molar-refractivity contribution in [2.75, 3.05) is 46.9 Å². The molecule has 6 nitrogen and oxygen atoms in total. The number of benzene rings is 2. The molecule has 2 atom stereocenters. The van der Waals surface area contributed by atoms with Crippen LogP contribution in [0, 0.1) is 5.92 Å². The number of hydrogen-bond donors (Lipinski definition) is 2. The lowest BCUT2D eigenvalue weighted by Gasteiger charge is -2.20. The Morgan fingerprint density at radius 2 is 1.84 bits per heavy atom. The zero-order valence-corrected chi connectivity index (χ0v) is 19.0. The van der Waals surface area contributed by atoms with Crippen molar-refractivity contribution in [2.24, 2.45) is 10.9 Å². The van der Waals surface area contributed by atoms with Crippen LogP contribution in [-0.2, 0) is 6.42 Å². The minimum atomic E-state index is -0.0187. The van der Waals surface area contributed by atoms with E-state index in [2.05, 4.69) is 50.9 Å². The second-order valence-corrected chi connectivity index (χ2v) is 8.10. The van der Waals surface area contributed by atoms with Gasteiger partial charge in [-0.05, 0) is 49.9 Å². The highest BCUT2D eigenvalue weighted by atomic mass is 16.5. The second-order valence-electron chi connectivity index (χ2n) is 8.10. The maximum Gasteiger partial charge on any atom is 0.191 e. The Bertz CT molecular complexity index is 812. The number of para-hydroxylation sites is 2. The van der Waals surface area contributed by atoms with Gasteiger partial charge in [-0.25, -0.2) is 0 Å². The zero-order chi connectivity index (χ0) is 21.9. The van der Waals surface area contributed by atoms with Crippen molar-refractivity contribution >= 4 is 5.96 Å². The SMILES string of the molecule is CN=C(NCC1CCN(CCc2ccccc2)C1)NCC(C)Oc1ccccc1OC. The van der Waals surface area contributed by atoms with Gasteiger partial charge in [0.25, 0.3) is 0 Å². The van der Waals surface area contributed by atoms with E-state index in [0.717, 1.165) is 43.5 Å². The Morgan fingerprint density at radius 1 is 1.10 bits per heavy atom. The highest BCUT2D eigenvalue weighted by molar-refractivity contribution is 5.79. The molecule has 2 N–H and O–H groups in total. The Labute approximate surface area is 186 Å². The van der Waals surface area contributed by atoms with E-state index in [0.29, 0.717) is 12.5 Å². The number of nitrogens with one attached hydrogen (secondary N) is 2. The molecule has 1 saturated heterocycles. The molecule has 1 aliphatic rings. The van der Waals surface area contributed by atoms with Gasteiger partial charge in [-0.2, -0.15) is 0 Å². The molecule has 31 heavy (non-hydrogen) atoms. The summed E-state index contributed by atoms with van der Waals surface area (Å²) in [5.41, 5.74) is 1.41. The molecule has 1 fully saturated rings. The zero-order valence-electron chi connectivity index (χ0n) is 19.0. The monoisotopic (exact) mass is 424 g/mol. The normalized spacial score (nSPS) is 17.9. The van der Waals surface area contributed by atoms with E-state index >= 15 is 0 Å². The smallest absolute Gasteiger partial charge is 0.191 e. The average Bonchev–Trinajstić information content (AvgIpc) is 3.26. The number of hydrogen-bond acceptors (Lipinski definition) is 4. The Kier molecular flexibility index (Phi) is 9.03. The molecule has 2 aromatic carbocycles. The fraction of sp³-hybridized carbons (Fsp3) is 0.480. The van der Waals surface area contributed by atoms with Crippen LogP contribution in [0.15, 0.2) is 59.6 Å². The van der Waals surface area contributed by atoms with E-state index in [1.807, 2.05) is 38.2 Å². The van der Waals surface area contributed by atoms with Gasteiger partial charge in [0.05, 0.1) is 13.7 Å². The predicted octanol–water partition coefficient (Wildman–Crippen LogP) is 3.19. The fourth-order valence-electron chi connectivity index (χ4n) is 3.89. The molecular formula is C25H36N4O2. The van der Waals surface area contributed by atoms with Crippen molar-refractivity contribution < 1.29 is 9.47 Å².